The van der Waals surface area contributed by atoms with Gasteiger partial charge in [-0.25, -0.2) is 0 Å². The van der Waals surface area contributed by atoms with E-state index in [0.29, 0.717) is 17.3 Å². The fourth-order valence-electron chi connectivity index (χ4n) is 1.85. The number of rotatable bonds is 6. The van der Waals surface area contributed by atoms with E-state index in [0.717, 1.165) is 0 Å². The Morgan fingerprint density at radius 3 is 2.68 bits per heavy atom. The van der Waals surface area contributed by atoms with Crippen LogP contribution in [0.5, 0.6) is 5.75 Å². The molecule has 1 heterocycles. The fourth-order valence-corrected chi connectivity index (χ4v) is 1.97. The van der Waals surface area contributed by atoms with Gasteiger partial charge in [0.25, 0.3) is 5.56 Å². The molecule has 0 bridgehead atoms. The summed E-state index contributed by atoms with van der Waals surface area (Å²) in [6, 6.07) is 11.8. The molecular weight excluding hydrogens is 304 g/mol. The first-order valence-corrected chi connectivity index (χ1v) is 7.27. The molecule has 0 saturated heterocycles. The van der Waals surface area contributed by atoms with Crippen molar-refractivity contribution in [2.75, 3.05) is 6.54 Å². The van der Waals surface area contributed by atoms with Gasteiger partial charge in [-0.15, -0.1) is 0 Å². The first kappa shape index (κ1) is 16.1. The van der Waals surface area contributed by atoms with Gasteiger partial charge in [-0.3, -0.25) is 9.59 Å². The van der Waals surface area contributed by atoms with E-state index in [1.165, 1.54) is 10.6 Å². The van der Waals surface area contributed by atoms with Crippen molar-refractivity contribution in [3.05, 3.63) is 64.0 Å². The molecule has 116 valence electrons. The smallest absolute Gasteiger partial charge is 0.250 e. The number of carbonyl (C=O) groups is 1. The second kappa shape index (κ2) is 7.66. The lowest BCUT2D eigenvalue weighted by atomic mass is 10.3. The van der Waals surface area contributed by atoms with Gasteiger partial charge in [-0.2, -0.15) is 0 Å². The summed E-state index contributed by atoms with van der Waals surface area (Å²) in [5.74, 6) is 0.449. The van der Waals surface area contributed by atoms with Crippen LogP contribution in [0.1, 0.15) is 6.92 Å². The molecule has 0 aliphatic carbocycles. The van der Waals surface area contributed by atoms with Crippen LogP contribution in [0.3, 0.4) is 0 Å². The average Bonchev–Trinajstić information content (AvgIpc) is 2.50. The van der Waals surface area contributed by atoms with E-state index in [1.807, 2.05) is 6.92 Å². The molecule has 22 heavy (non-hydrogen) atoms. The minimum atomic E-state index is -0.236. The van der Waals surface area contributed by atoms with Gasteiger partial charge in [0.15, 0.2) is 0 Å². The van der Waals surface area contributed by atoms with Gasteiger partial charge < -0.3 is 14.6 Å². The molecule has 0 aliphatic heterocycles. The van der Waals surface area contributed by atoms with Crippen LogP contribution in [0, 0.1) is 0 Å². The number of halogens is 1. The third kappa shape index (κ3) is 4.93. The maximum absolute atomic E-state index is 11.8. The van der Waals surface area contributed by atoms with E-state index < -0.39 is 0 Å². The molecule has 0 saturated carbocycles. The number of nitrogens with zero attached hydrogens (tertiary/aromatic N) is 1. The standard InChI is InChI=1S/C16H17ClN2O3/c1-12(22-14-7-5-13(17)6-8-14)10-18-15(20)11-19-9-3-2-4-16(19)21/h2-9,12H,10-11H2,1H3,(H,18,20)/t12-/m0/s1. The van der Waals surface area contributed by atoms with Crippen LogP contribution in [0.25, 0.3) is 0 Å². The topological polar surface area (TPSA) is 60.3 Å². The predicted octanol–water partition coefficient (Wildman–Crippen LogP) is 2.09. The Hall–Kier alpha value is -2.27. The van der Waals surface area contributed by atoms with Crippen molar-refractivity contribution >= 4 is 17.5 Å². The lowest BCUT2D eigenvalue weighted by Gasteiger charge is -2.15. The van der Waals surface area contributed by atoms with Gasteiger partial charge in [-0.05, 0) is 37.3 Å². The number of hydrogen-bond donors (Lipinski definition) is 1. The number of nitrogens with one attached hydrogen (secondary N) is 1. The molecule has 1 atom stereocenters. The Balaban J connectivity index is 1.79. The van der Waals surface area contributed by atoms with Gasteiger partial charge >= 0.3 is 0 Å². The van der Waals surface area contributed by atoms with Crippen molar-refractivity contribution in [2.24, 2.45) is 0 Å². The number of benzene rings is 1. The molecule has 0 fully saturated rings. The average molecular weight is 321 g/mol. The molecule has 2 rings (SSSR count). The molecule has 0 radical (unpaired) electrons. The lowest BCUT2D eigenvalue weighted by molar-refractivity contribution is -0.122. The molecule has 2 aromatic rings. The first-order chi connectivity index (χ1) is 10.5. The Morgan fingerprint density at radius 2 is 2.00 bits per heavy atom. The highest BCUT2D eigenvalue weighted by Gasteiger charge is 2.08. The van der Waals surface area contributed by atoms with E-state index in [1.54, 1.807) is 42.6 Å². The third-order valence-electron chi connectivity index (χ3n) is 2.95. The molecule has 1 N–H and O–H groups in total. The van der Waals surface area contributed by atoms with Gasteiger partial charge in [-0.1, -0.05) is 17.7 Å². The normalized spacial score (nSPS) is 11.7. The monoisotopic (exact) mass is 320 g/mol. The molecule has 0 aliphatic rings. The van der Waals surface area contributed by atoms with E-state index in [9.17, 15) is 9.59 Å². The number of pyridine rings is 1. The molecular formula is C16H17ClN2O3. The zero-order valence-electron chi connectivity index (χ0n) is 12.2. The summed E-state index contributed by atoms with van der Waals surface area (Å²) in [5.41, 5.74) is -0.205. The van der Waals surface area contributed by atoms with Crippen molar-refractivity contribution in [1.82, 2.24) is 9.88 Å². The summed E-state index contributed by atoms with van der Waals surface area (Å²) >= 11 is 5.80. The molecule has 0 unspecified atom stereocenters. The van der Waals surface area contributed by atoms with Crippen LogP contribution >= 0.6 is 11.6 Å². The van der Waals surface area contributed by atoms with Crippen LogP contribution in [-0.4, -0.2) is 23.1 Å². The van der Waals surface area contributed by atoms with Gasteiger partial charge in [0.1, 0.15) is 18.4 Å². The summed E-state index contributed by atoms with van der Waals surface area (Å²) < 4.78 is 7.00. The second-order valence-corrected chi connectivity index (χ2v) is 5.29. The highest BCUT2D eigenvalue weighted by atomic mass is 35.5. The SMILES string of the molecule is C[C@@H](CNC(=O)Cn1ccccc1=O)Oc1ccc(Cl)cc1. The lowest BCUT2D eigenvalue weighted by Crippen LogP contribution is -2.37. The summed E-state index contributed by atoms with van der Waals surface area (Å²) in [7, 11) is 0. The zero-order valence-corrected chi connectivity index (χ0v) is 12.9. The largest absolute Gasteiger partial charge is 0.489 e. The summed E-state index contributed by atoms with van der Waals surface area (Å²) in [4.78, 5) is 23.3. The van der Waals surface area contributed by atoms with Crippen molar-refractivity contribution in [2.45, 2.75) is 19.6 Å². The number of carbonyl (C=O) groups excluding carboxylic acids is 1. The summed E-state index contributed by atoms with van der Waals surface area (Å²) in [6.07, 6.45) is 1.38. The Bertz CT molecular complexity index is 682. The molecule has 1 amide bonds. The third-order valence-corrected chi connectivity index (χ3v) is 3.20. The van der Waals surface area contributed by atoms with Gasteiger partial charge in [0.2, 0.25) is 5.91 Å². The molecule has 0 spiro atoms. The number of hydrogen-bond acceptors (Lipinski definition) is 3. The summed E-state index contributed by atoms with van der Waals surface area (Å²) in [5, 5.41) is 3.38. The van der Waals surface area contributed by atoms with Crippen molar-refractivity contribution in [1.29, 1.82) is 0 Å². The van der Waals surface area contributed by atoms with E-state index in [-0.39, 0.29) is 24.1 Å². The maximum Gasteiger partial charge on any atom is 0.250 e. The predicted molar refractivity (Wildman–Crippen MR) is 85.3 cm³/mol. The van der Waals surface area contributed by atoms with Crippen LogP contribution < -0.4 is 15.6 Å². The van der Waals surface area contributed by atoms with Gasteiger partial charge in [0.05, 0.1) is 6.54 Å². The maximum atomic E-state index is 11.8. The first-order valence-electron chi connectivity index (χ1n) is 6.89. The minimum absolute atomic E-state index is 0.00661. The van der Waals surface area contributed by atoms with Crippen LogP contribution in [0.2, 0.25) is 5.02 Å². The minimum Gasteiger partial charge on any atom is -0.489 e. The van der Waals surface area contributed by atoms with Crippen LogP contribution in [0.15, 0.2) is 53.5 Å². The summed E-state index contributed by atoms with van der Waals surface area (Å²) in [6.45, 7) is 2.19. The Labute approximate surface area is 133 Å². The quantitative estimate of drug-likeness (QED) is 0.886. The highest BCUT2D eigenvalue weighted by molar-refractivity contribution is 6.30. The Morgan fingerprint density at radius 1 is 1.27 bits per heavy atom. The zero-order chi connectivity index (χ0) is 15.9. The molecule has 5 nitrogen and oxygen atoms in total. The van der Waals surface area contributed by atoms with E-state index in [2.05, 4.69) is 5.32 Å². The van der Waals surface area contributed by atoms with Crippen molar-refractivity contribution in [3.63, 3.8) is 0 Å². The van der Waals surface area contributed by atoms with Crippen LogP contribution in [-0.2, 0) is 11.3 Å². The van der Waals surface area contributed by atoms with Crippen molar-refractivity contribution < 1.29 is 9.53 Å². The van der Waals surface area contributed by atoms with E-state index >= 15 is 0 Å². The number of amides is 1. The van der Waals surface area contributed by atoms with E-state index in [4.69, 9.17) is 16.3 Å². The molecule has 6 heteroatoms. The highest BCUT2D eigenvalue weighted by Crippen LogP contribution is 2.16. The van der Waals surface area contributed by atoms with Crippen molar-refractivity contribution in [3.8, 4) is 5.75 Å². The number of aromatic nitrogens is 1. The van der Waals surface area contributed by atoms with Crippen LogP contribution in [0.4, 0.5) is 0 Å². The second-order valence-electron chi connectivity index (χ2n) is 4.85. The van der Waals surface area contributed by atoms with Gasteiger partial charge in [0, 0.05) is 17.3 Å². The Kier molecular flexibility index (Phi) is 5.61. The fraction of sp³-hybridized carbons (Fsp3) is 0.250. The molecule has 1 aromatic carbocycles. The number of ether oxygens (including phenoxy) is 1. The molecule has 1 aromatic heterocycles.